The molecule has 16 rings (SSSR count). The van der Waals surface area contributed by atoms with Crippen molar-refractivity contribution < 1.29 is 38.1 Å². The molecule has 32 nitrogen and oxygen atoms in total. The van der Waals surface area contributed by atoms with Gasteiger partial charge in [0.25, 0.3) is 22.2 Å². The van der Waals surface area contributed by atoms with Crippen molar-refractivity contribution >= 4 is 183 Å². The fraction of sp³-hybridized carbons (Fsp3) is 0.486. The third-order valence-corrected chi connectivity index (χ3v) is 27.7. The van der Waals surface area contributed by atoms with Crippen LogP contribution in [0.4, 0.5) is 69.8 Å². The molecule has 145 heavy (non-hydrogen) atoms. The number of halogens is 4. The van der Waals surface area contributed by atoms with Crippen LogP contribution in [-0.2, 0) is 45.4 Å². The summed E-state index contributed by atoms with van der Waals surface area (Å²) in [6.45, 7) is 33.6. The van der Waals surface area contributed by atoms with E-state index in [-0.39, 0.29) is 94.8 Å². The number of carbonyl (C=O) groups is 4. The summed E-state index contributed by atoms with van der Waals surface area (Å²) in [6.07, 6.45) is 26.0. The van der Waals surface area contributed by atoms with Gasteiger partial charge in [0.15, 0.2) is 69.4 Å². The summed E-state index contributed by atoms with van der Waals surface area (Å²) >= 11 is 25.8. The van der Waals surface area contributed by atoms with Crippen LogP contribution >= 0.6 is 46.4 Å². The van der Waals surface area contributed by atoms with Gasteiger partial charge in [0.05, 0.1) is 46.9 Å². The van der Waals surface area contributed by atoms with Crippen molar-refractivity contribution in [1.82, 2.24) is 58.1 Å². The van der Waals surface area contributed by atoms with E-state index >= 15 is 0 Å². The molecule has 0 amide bonds. The van der Waals surface area contributed by atoms with Crippen molar-refractivity contribution in [2.24, 2.45) is 23.7 Å². The second-order valence-electron chi connectivity index (χ2n) is 37.8. The highest BCUT2D eigenvalue weighted by Crippen LogP contribution is 2.37. The van der Waals surface area contributed by atoms with Gasteiger partial charge >= 0.3 is 0 Å². The number of benzene rings is 4. The molecule has 4 fully saturated rings. The first-order chi connectivity index (χ1) is 70.1. The fourth-order valence-electron chi connectivity index (χ4n) is 18.1. The third kappa shape index (κ3) is 29.3. The maximum atomic E-state index is 13.1. The fourth-order valence-corrected chi connectivity index (χ4v) is 18.7. The first kappa shape index (κ1) is 110. The average molecular weight is 2060 g/mol. The molecule has 0 radical (unpaired) electrons. The van der Waals surface area contributed by atoms with Crippen molar-refractivity contribution in [3.8, 4) is 23.0 Å². The number of unbranched alkanes of at least 4 members (excludes halogenated alkanes) is 3. The molecule has 8 aromatic heterocycles. The molecular formula is C109H138Cl4N20O12. The van der Waals surface area contributed by atoms with Gasteiger partial charge < -0.3 is 78.1 Å². The summed E-state index contributed by atoms with van der Waals surface area (Å²) < 4.78 is 29.4. The van der Waals surface area contributed by atoms with Gasteiger partial charge in [-0.05, 0) is 198 Å². The van der Waals surface area contributed by atoms with Crippen LogP contribution in [-0.4, -0.2) is 160 Å². The van der Waals surface area contributed by atoms with Gasteiger partial charge in [-0.1, -0.05) is 162 Å². The molecular weight excluding hydrogens is 1920 g/mol. The van der Waals surface area contributed by atoms with E-state index in [9.17, 15) is 38.4 Å². The smallest absolute Gasteiger partial charge is 0.293 e. The maximum absolute atomic E-state index is 13.1. The number of piperidine rings is 4. The lowest BCUT2D eigenvalue weighted by Crippen LogP contribution is -2.36. The van der Waals surface area contributed by atoms with Gasteiger partial charge in [-0.3, -0.25) is 38.4 Å². The Morgan fingerprint density at radius 3 is 0.814 bits per heavy atom. The van der Waals surface area contributed by atoms with Crippen LogP contribution in [0.25, 0.3) is 43.6 Å². The Kier molecular flexibility index (Phi) is 40.5. The number of nitrogens with zero attached hydrogens (tertiary/aromatic N) is 16. The van der Waals surface area contributed by atoms with Crippen molar-refractivity contribution in [3.05, 3.63) is 183 Å². The molecule has 1 unspecified atom stereocenters. The molecule has 0 bridgehead atoms. The van der Waals surface area contributed by atoms with Crippen LogP contribution in [0.2, 0.25) is 20.1 Å². The van der Waals surface area contributed by atoms with Crippen LogP contribution in [0.3, 0.4) is 0 Å². The van der Waals surface area contributed by atoms with Gasteiger partial charge in [-0.2, -0.15) is 19.9 Å². The summed E-state index contributed by atoms with van der Waals surface area (Å²) in [4.78, 5) is 145. The van der Waals surface area contributed by atoms with Gasteiger partial charge in [-0.15, -0.1) is 0 Å². The number of nitrogens with one attached hydrogen (secondary N) is 4. The Labute approximate surface area is 867 Å². The van der Waals surface area contributed by atoms with Crippen LogP contribution in [0, 0.1) is 23.7 Å². The molecule has 4 N–H and O–H groups in total. The number of fused-ring (bicyclic) bond motifs is 4. The number of ether oxygens (including phenoxy) is 4. The number of hydrogen-bond acceptors (Lipinski definition) is 28. The Morgan fingerprint density at radius 2 is 0.579 bits per heavy atom. The van der Waals surface area contributed by atoms with Crippen LogP contribution in [0.15, 0.2) is 141 Å². The lowest BCUT2D eigenvalue weighted by atomic mass is 9.96. The largest absolute Gasteiger partial charge is 0.480 e. The molecule has 4 atom stereocenters. The van der Waals surface area contributed by atoms with Crippen LogP contribution in [0.5, 0.6) is 23.0 Å². The number of aryl methyl sites for hydroxylation is 4. The second kappa shape index (κ2) is 53.5. The number of rotatable bonds is 41. The van der Waals surface area contributed by atoms with E-state index in [1.165, 1.54) is 25.7 Å². The molecule has 4 aliphatic heterocycles. The number of anilines is 12. The van der Waals surface area contributed by atoms with E-state index in [0.717, 1.165) is 202 Å². The van der Waals surface area contributed by atoms with E-state index in [1.54, 1.807) is 95.0 Å². The molecule has 36 heteroatoms. The first-order valence-electron chi connectivity index (χ1n) is 51.6. The number of hydrogen-bond donors (Lipinski definition) is 4. The highest BCUT2D eigenvalue weighted by Gasteiger charge is 2.28. The average Bonchev–Trinajstić information content (AvgIpc) is 0.786. The Morgan fingerprint density at radius 1 is 0.331 bits per heavy atom. The molecule has 0 spiro atoms. The number of aromatic nitrogens is 12. The van der Waals surface area contributed by atoms with Crippen molar-refractivity contribution in [2.75, 3.05) is 120 Å². The number of carbonyl (C=O) groups excluding carboxylic acids is 4. The number of Topliss-reactive ketones (excluding diaryl/α,β-unsaturated/α-hetero) is 4. The maximum Gasteiger partial charge on any atom is 0.293 e. The van der Waals surface area contributed by atoms with E-state index in [2.05, 4.69) is 109 Å². The lowest BCUT2D eigenvalue weighted by molar-refractivity contribution is -0.121. The summed E-state index contributed by atoms with van der Waals surface area (Å²) in [7, 11) is 0. The molecule has 774 valence electrons. The number of pyridine rings is 4. The standard InChI is InChI=1S/2C28H36ClN5O3.C27H34ClN5O3.C26H32ClN5O3/c2*1-4-7-13-34-24-11-10-21(14-20(24)15-25(27(34)36)37-18-22(35)6-3)31-26-23(29)16-30-28(32-26)33-12-8-9-19(5-2)17-33;1-4-6-12-33-23-10-9-20(13-19(23)14-24(26(33)35)36-17-21(34)5-2)30-25-22(28)15-29-27(31-25)32-11-7-8-18(3)16-32;1-4-10-32-22-9-8-19(12-18(22)13-23(25(32)34)35-16-20(33)5-2)29-24-21(27)14-28-26(30-24)31-11-6-7-17(3)15-31/h2*10-11,14-16,19H,4-9,12-13,17-18H2,1-3H3,(H,30,31,32);9-10,13-15,18H,4-8,11-12,16-17H2,1-3H3,(H,29,30,31);8-9,12-14,17H,4-7,10-11,15-16H2,1-3H3,(H,28,29,30)/t19-;;18-;17-/m0.00/s1. The molecule has 0 aliphatic carbocycles. The topological polar surface area (TPSA) is 357 Å². The monoisotopic (exact) mass is 2060 g/mol. The zero-order valence-electron chi connectivity index (χ0n) is 85.6. The van der Waals surface area contributed by atoms with Gasteiger partial charge in [-0.25, -0.2) is 19.9 Å². The molecule has 4 aliphatic rings. The Bertz CT molecular complexity index is 6580. The van der Waals surface area contributed by atoms with Gasteiger partial charge in [0.2, 0.25) is 23.8 Å². The number of ketones is 4. The predicted molar refractivity (Wildman–Crippen MR) is 584 cm³/mol. The third-order valence-electron chi connectivity index (χ3n) is 26.6. The normalized spacial score (nSPS) is 15.8. The Hall–Kier alpha value is -12.5. The van der Waals surface area contributed by atoms with Crippen molar-refractivity contribution in [2.45, 2.75) is 244 Å². The van der Waals surface area contributed by atoms with Crippen molar-refractivity contribution in [1.29, 1.82) is 0 Å². The minimum atomic E-state index is -0.233. The van der Waals surface area contributed by atoms with Gasteiger partial charge in [0.1, 0.15) is 46.5 Å². The van der Waals surface area contributed by atoms with E-state index in [0.29, 0.717) is 143 Å². The van der Waals surface area contributed by atoms with Gasteiger partial charge in [0, 0.05) is 149 Å². The zero-order valence-corrected chi connectivity index (χ0v) is 88.6. The van der Waals surface area contributed by atoms with E-state index in [1.807, 2.05) is 79.7 Å². The summed E-state index contributed by atoms with van der Waals surface area (Å²) in [5, 5.41) is 18.3. The lowest BCUT2D eigenvalue weighted by Gasteiger charge is -2.32. The molecule has 4 aromatic carbocycles. The van der Waals surface area contributed by atoms with Crippen LogP contribution in [0.1, 0.15) is 218 Å². The van der Waals surface area contributed by atoms with E-state index in [4.69, 9.17) is 85.3 Å². The molecule has 0 saturated carbocycles. The highest BCUT2D eigenvalue weighted by molar-refractivity contribution is 6.34. The highest BCUT2D eigenvalue weighted by atomic mass is 35.5. The second-order valence-corrected chi connectivity index (χ2v) is 39.4. The molecule has 4 saturated heterocycles. The quantitative estimate of drug-likeness (QED) is 0.0276. The Balaban J connectivity index is 0.000000162. The summed E-state index contributed by atoms with van der Waals surface area (Å²) in [5.41, 5.74) is 5.44. The predicted octanol–water partition coefficient (Wildman–Crippen LogP) is 22.7. The van der Waals surface area contributed by atoms with E-state index < -0.39 is 0 Å². The van der Waals surface area contributed by atoms with Crippen molar-refractivity contribution in [3.63, 3.8) is 0 Å². The minimum absolute atomic E-state index is 0.0526. The minimum Gasteiger partial charge on any atom is -0.480 e. The summed E-state index contributed by atoms with van der Waals surface area (Å²) in [5.74, 6) is 7.82. The molecule has 12 heterocycles. The first-order valence-corrected chi connectivity index (χ1v) is 53.1. The SMILES string of the molecule is CCCCn1c(=O)c(OCC(=O)CC)cc2cc(Nc3nc(N4CCCC(CC)C4)ncc3Cl)ccc21.CCCCn1c(=O)c(OCC(=O)CC)cc2cc(Nc3nc(N4CCC[C@H](C)C4)ncc3Cl)ccc21.CCCCn1c(=O)c(OCC(=O)CC)cc2cc(Nc3nc(N4CCC[C@H](CC)C4)ncc3Cl)ccc21.CCCn1c(=O)c(OCC(=O)CC)cc2cc(Nc3nc(N4CCC[C@H](C)C4)ncc3Cl)ccc21. The molecule has 12 aromatic rings. The zero-order chi connectivity index (χ0) is 103. The summed E-state index contributed by atoms with van der Waals surface area (Å²) in [6, 6.07) is 29.9. The van der Waals surface area contributed by atoms with Crippen LogP contribution < -0.4 is 82.1 Å².